The van der Waals surface area contributed by atoms with Gasteiger partial charge in [-0.05, 0) is 11.6 Å². The quantitative estimate of drug-likeness (QED) is 0.701. The Bertz CT molecular complexity index is 531. The summed E-state index contributed by atoms with van der Waals surface area (Å²) in [5.74, 6) is -2.74. The van der Waals surface area contributed by atoms with Crippen molar-refractivity contribution in [2.45, 2.75) is 25.0 Å². The average molecular weight is 279 g/mol. The fourth-order valence-corrected chi connectivity index (χ4v) is 1.97. The van der Waals surface area contributed by atoms with Gasteiger partial charge in [0.15, 0.2) is 6.10 Å². The zero-order valence-electron chi connectivity index (χ0n) is 10.4. The molecule has 7 heteroatoms. The number of rotatable bonds is 5. The number of benzene rings is 1. The number of hydrogen-bond donors (Lipinski definition) is 3. The summed E-state index contributed by atoms with van der Waals surface area (Å²) in [6.45, 7) is 0. The minimum absolute atomic E-state index is 0.335. The highest BCUT2D eigenvalue weighted by Gasteiger charge is 2.32. The van der Waals surface area contributed by atoms with E-state index in [2.05, 4.69) is 5.32 Å². The van der Waals surface area contributed by atoms with Crippen LogP contribution in [0.25, 0.3) is 0 Å². The van der Waals surface area contributed by atoms with Crippen molar-refractivity contribution in [3.05, 3.63) is 29.8 Å². The van der Waals surface area contributed by atoms with E-state index in [0.717, 1.165) is 5.56 Å². The summed E-state index contributed by atoms with van der Waals surface area (Å²) in [6, 6.07) is 5.65. The summed E-state index contributed by atoms with van der Waals surface area (Å²) in [5, 5.41) is 19.7. The van der Waals surface area contributed by atoms with Crippen LogP contribution in [0.3, 0.4) is 0 Å². The van der Waals surface area contributed by atoms with Gasteiger partial charge in [0.25, 0.3) is 5.91 Å². The van der Waals surface area contributed by atoms with Gasteiger partial charge in [-0.15, -0.1) is 0 Å². The fourth-order valence-electron chi connectivity index (χ4n) is 1.97. The first-order valence-corrected chi connectivity index (χ1v) is 5.97. The number of ether oxygens (including phenoxy) is 1. The van der Waals surface area contributed by atoms with Gasteiger partial charge in [-0.3, -0.25) is 9.59 Å². The number of carboxylic acids is 2. The first kappa shape index (κ1) is 13.9. The Morgan fingerprint density at radius 3 is 2.60 bits per heavy atom. The summed E-state index contributed by atoms with van der Waals surface area (Å²) in [4.78, 5) is 33.4. The molecule has 0 spiro atoms. The lowest BCUT2D eigenvalue weighted by Gasteiger charge is -2.15. The van der Waals surface area contributed by atoms with Crippen LogP contribution >= 0.6 is 0 Å². The molecule has 1 heterocycles. The van der Waals surface area contributed by atoms with E-state index >= 15 is 0 Å². The molecule has 1 amide bonds. The fraction of sp³-hybridized carbons (Fsp3) is 0.308. The second-order valence-corrected chi connectivity index (χ2v) is 4.42. The molecule has 0 aromatic heterocycles. The van der Waals surface area contributed by atoms with Crippen LogP contribution in [0.2, 0.25) is 0 Å². The van der Waals surface area contributed by atoms with Crippen molar-refractivity contribution in [1.82, 2.24) is 5.32 Å². The van der Waals surface area contributed by atoms with Gasteiger partial charge >= 0.3 is 11.9 Å². The number of aliphatic carboxylic acids is 2. The van der Waals surface area contributed by atoms with Crippen LogP contribution in [0.5, 0.6) is 5.75 Å². The van der Waals surface area contributed by atoms with Gasteiger partial charge in [-0.1, -0.05) is 18.2 Å². The molecule has 1 aromatic rings. The number of carboxylic acid groups (broad SMARTS) is 2. The summed E-state index contributed by atoms with van der Waals surface area (Å²) >= 11 is 0. The maximum Gasteiger partial charge on any atom is 0.326 e. The molecule has 1 aliphatic heterocycles. The molecule has 106 valence electrons. The largest absolute Gasteiger partial charge is 0.481 e. The Kier molecular flexibility index (Phi) is 3.88. The highest BCUT2D eigenvalue weighted by molar-refractivity contribution is 5.89. The molecular weight excluding hydrogens is 266 g/mol. The molecule has 2 rings (SSSR count). The van der Waals surface area contributed by atoms with Crippen LogP contribution in [0.15, 0.2) is 24.3 Å². The van der Waals surface area contributed by atoms with Crippen molar-refractivity contribution in [1.29, 1.82) is 0 Å². The molecule has 0 saturated carbocycles. The topological polar surface area (TPSA) is 113 Å². The van der Waals surface area contributed by atoms with Gasteiger partial charge in [0.05, 0.1) is 6.42 Å². The average Bonchev–Trinajstić information content (AvgIpc) is 2.81. The summed E-state index contributed by atoms with van der Waals surface area (Å²) in [7, 11) is 0. The highest BCUT2D eigenvalue weighted by atomic mass is 16.5. The lowest BCUT2D eigenvalue weighted by Crippen LogP contribution is -2.47. The van der Waals surface area contributed by atoms with Gasteiger partial charge in [-0.2, -0.15) is 0 Å². The number of nitrogens with one attached hydrogen (secondary N) is 1. The predicted molar refractivity (Wildman–Crippen MR) is 66.4 cm³/mol. The molecular formula is C13H13NO6. The second kappa shape index (κ2) is 5.60. The molecule has 0 aliphatic carbocycles. The summed E-state index contributed by atoms with van der Waals surface area (Å²) in [6.07, 6.45) is -1.18. The maximum absolute atomic E-state index is 11.9. The number of carbonyl (C=O) groups is 3. The first-order valence-electron chi connectivity index (χ1n) is 5.97. The monoisotopic (exact) mass is 279 g/mol. The number of carbonyl (C=O) groups excluding carboxylic acids is 1. The Morgan fingerprint density at radius 1 is 1.30 bits per heavy atom. The molecule has 20 heavy (non-hydrogen) atoms. The molecule has 3 N–H and O–H groups in total. The lowest BCUT2D eigenvalue weighted by molar-refractivity contribution is -0.147. The third kappa shape index (κ3) is 3.05. The standard InChI is InChI=1S/C13H13NO6/c15-11(16)6-8(13(18)19)14-12(17)10-5-7-3-1-2-4-9(7)20-10/h1-4,8,10H,5-6H2,(H,14,17)(H,15,16)(H,18,19)/t8-,10?/m1/s1. The molecule has 0 bridgehead atoms. The van der Waals surface area contributed by atoms with Crippen LogP contribution in [0.4, 0.5) is 0 Å². The molecule has 1 aliphatic rings. The van der Waals surface area contributed by atoms with E-state index < -0.39 is 36.4 Å². The van der Waals surface area contributed by atoms with Crippen molar-refractivity contribution in [2.75, 3.05) is 0 Å². The van der Waals surface area contributed by atoms with Crippen molar-refractivity contribution in [2.24, 2.45) is 0 Å². The van der Waals surface area contributed by atoms with E-state index in [1.54, 1.807) is 12.1 Å². The van der Waals surface area contributed by atoms with Crippen molar-refractivity contribution < 1.29 is 29.3 Å². The van der Waals surface area contributed by atoms with Crippen LogP contribution in [0.1, 0.15) is 12.0 Å². The van der Waals surface area contributed by atoms with E-state index in [1.165, 1.54) is 0 Å². The SMILES string of the molecule is O=C(O)C[C@@H](NC(=O)C1Cc2ccccc2O1)C(=O)O. The molecule has 7 nitrogen and oxygen atoms in total. The number of para-hydroxylation sites is 1. The van der Waals surface area contributed by atoms with E-state index in [1.807, 2.05) is 12.1 Å². The minimum Gasteiger partial charge on any atom is -0.481 e. The maximum atomic E-state index is 11.9. The van der Waals surface area contributed by atoms with E-state index in [4.69, 9.17) is 14.9 Å². The van der Waals surface area contributed by atoms with E-state index in [-0.39, 0.29) is 0 Å². The Labute approximate surface area is 114 Å². The normalized spacial score (nSPS) is 17.7. The Hall–Kier alpha value is -2.57. The smallest absolute Gasteiger partial charge is 0.326 e. The van der Waals surface area contributed by atoms with Crippen molar-refractivity contribution in [3.63, 3.8) is 0 Å². The van der Waals surface area contributed by atoms with Gasteiger partial charge in [-0.25, -0.2) is 4.79 Å². The molecule has 1 aromatic carbocycles. The van der Waals surface area contributed by atoms with Crippen LogP contribution < -0.4 is 10.1 Å². The minimum atomic E-state index is -1.47. The third-order valence-electron chi connectivity index (χ3n) is 2.93. The third-order valence-corrected chi connectivity index (χ3v) is 2.93. The Balaban J connectivity index is 1.99. The number of amides is 1. The summed E-state index contributed by atoms with van der Waals surface area (Å²) in [5.41, 5.74) is 0.859. The van der Waals surface area contributed by atoms with E-state index in [9.17, 15) is 14.4 Å². The van der Waals surface area contributed by atoms with Gasteiger partial charge in [0.1, 0.15) is 11.8 Å². The van der Waals surface area contributed by atoms with Gasteiger partial charge < -0.3 is 20.3 Å². The zero-order chi connectivity index (χ0) is 14.7. The van der Waals surface area contributed by atoms with Gasteiger partial charge in [0.2, 0.25) is 0 Å². The lowest BCUT2D eigenvalue weighted by atomic mass is 10.1. The van der Waals surface area contributed by atoms with Crippen molar-refractivity contribution >= 4 is 17.8 Å². The van der Waals surface area contributed by atoms with Crippen LogP contribution in [-0.4, -0.2) is 40.2 Å². The zero-order valence-corrected chi connectivity index (χ0v) is 10.4. The molecule has 0 radical (unpaired) electrons. The summed E-state index contributed by atoms with van der Waals surface area (Å²) < 4.78 is 5.40. The Morgan fingerprint density at radius 2 is 2.00 bits per heavy atom. The van der Waals surface area contributed by atoms with E-state index in [0.29, 0.717) is 12.2 Å². The van der Waals surface area contributed by atoms with Crippen molar-refractivity contribution in [3.8, 4) is 5.75 Å². The van der Waals surface area contributed by atoms with Gasteiger partial charge in [0, 0.05) is 6.42 Å². The first-order chi connectivity index (χ1) is 9.47. The van der Waals surface area contributed by atoms with Crippen LogP contribution in [-0.2, 0) is 20.8 Å². The number of fused-ring (bicyclic) bond motifs is 1. The number of hydrogen-bond acceptors (Lipinski definition) is 4. The molecule has 1 unspecified atom stereocenters. The highest BCUT2D eigenvalue weighted by Crippen LogP contribution is 2.28. The molecule has 2 atom stereocenters. The predicted octanol–water partition coefficient (Wildman–Crippen LogP) is 0.0342. The molecule has 0 fully saturated rings. The van der Waals surface area contributed by atoms with Crippen LogP contribution in [0, 0.1) is 0 Å². The molecule has 0 saturated heterocycles. The second-order valence-electron chi connectivity index (χ2n) is 4.42.